The van der Waals surface area contributed by atoms with Gasteiger partial charge in [0.25, 0.3) is 11.8 Å². The van der Waals surface area contributed by atoms with Crippen molar-refractivity contribution < 1.29 is 27.1 Å². The molecule has 42 heavy (non-hydrogen) atoms. The number of aromatic nitrogens is 4. The molecule has 12 nitrogen and oxygen atoms in total. The summed E-state index contributed by atoms with van der Waals surface area (Å²) >= 11 is 0. The van der Waals surface area contributed by atoms with Gasteiger partial charge in [0.1, 0.15) is 17.2 Å². The van der Waals surface area contributed by atoms with E-state index in [0.29, 0.717) is 29.9 Å². The number of alkyl halides is 2. The number of hydrogen-bond donors (Lipinski definition) is 3. The van der Waals surface area contributed by atoms with Crippen LogP contribution in [-0.2, 0) is 10.0 Å². The molecular weight excluding hydrogens is 570 g/mol. The Labute approximate surface area is 242 Å². The number of anilines is 4. The van der Waals surface area contributed by atoms with E-state index in [4.69, 9.17) is 0 Å². The predicted molar refractivity (Wildman–Crippen MR) is 154 cm³/mol. The molecule has 2 aliphatic heterocycles. The number of fused-ring (bicyclic) bond motifs is 1. The van der Waals surface area contributed by atoms with E-state index < -0.39 is 34.2 Å². The summed E-state index contributed by atoms with van der Waals surface area (Å²) in [6.07, 6.45) is 6.80. The van der Waals surface area contributed by atoms with Crippen molar-refractivity contribution in [2.24, 2.45) is 5.41 Å². The molecule has 0 aromatic carbocycles. The number of rotatable bonds is 8. The zero-order valence-corrected chi connectivity index (χ0v) is 24.1. The minimum absolute atomic E-state index is 0.104. The van der Waals surface area contributed by atoms with Gasteiger partial charge in [0, 0.05) is 69.2 Å². The van der Waals surface area contributed by atoms with Gasteiger partial charge in [-0.3, -0.25) is 13.9 Å². The number of aliphatic hydroxyl groups excluding tert-OH is 1. The van der Waals surface area contributed by atoms with E-state index >= 15 is 0 Å². The highest BCUT2D eigenvalue weighted by molar-refractivity contribution is 7.92. The average Bonchev–Trinajstić information content (AvgIpc) is 3.48. The first kappa shape index (κ1) is 28.5. The molecular formula is C27H34F2N8O4S. The quantitative estimate of drug-likeness (QED) is 0.353. The molecule has 3 aromatic heterocycles. The monoisotopic (exact) mass is 604 g/mol. The average molecular weight is 605 g/mol. The summed E-state index contributed by atoms with van der Waals surface area (Å²) in [6, 6.07) is 3.24. The van der Waals surface area contributed by atoms with Crippen LogP contribution in [0.15, 0.2) is 24.5 Å². The van der Waals surface area contributed by atoms with E-state index in [1.807, 2.05) is 0 Å². The van der Waals surface area contributed by atoms with Gasteiger partial charge in [0.15, 0.2) is 5.65 Å². The molecule has 2 saturated heterocycles. The number of nitrogens with one attached hydrogen (secondary N) is 2. The minimum atomic E-state index is -3.86. The highest BCUT2D eigenvalue weighted by Gasteiger charge is 2.45. The fourth-order valence-electron chi connectivity index (χ4n) is 5.81. The second kappa shape index (κ2) is 10.6. The van der Waals surface area contributed by atoms with E-state index in [2.05, 4.69) is 29.9 Å². The predicted octanol–water partition coefficient (Wildman–Crippen LogP) is 3.03. The molecule has 0 atom stereocenters. The lowest BCUT2D eigenvalue weighted by Crippen LogP contribution is -2.40. The first-order chi connectivity index (χ1) is 20.0. The van der Waals surface area contributed by atoms with E-state index in [-0.39, 0.29) is 54.7 Å². The molecule has 5 heterocycles. The van der Waals surface area contributed by atoms with E-state index in [0.717, 1.165) is 12.8 Å². The number of pyridine rings is 1. The number of halogens is 2. The maximum absolute atomic E-state index is 14.0. The molecule has 3 aromatic rings. The van der Waals surface area contributed by atoms with Crippen LogP contribution in [-0.4, -0.2) is 83.2 Å². The molecule has 1 spiro atoms. The zero-order valence-electron chi connectivity index (χ0n) is 23.3. The Morgan fingerprint density at radius 3 is 2.38 bits per heavy atom. The number of imidazole rings is 1. The minimum Gasteiger partial charge on any atom is -0.395 e. The maximum Gasteiger partial charge on any atom is 0.262 e. The van der Waals surface area contributed by atoms with E-state index in [1.54, 1.807) is 30.2 Å². The second-order valence-electron chi connectivity index (χ2n) is 11.5. The summed E-state index contributed by atoms with van der Waals surface area (Å²) in [7, 11) is -3.86. The third-order valence-electron chi connectivity index (χ3n) is 8.48. The number of aliphatic hydroxyl groups is 1. The summed E-state index contributed by atoms with van der Waals surface area (Å²) in [5.41, 5.74) is 1.98. The lowest BCUT2D eigenvalue weighted by molar-refractivity contribution is -0.0222. The fraction of sp³-hybridized carbons (Fsp3) is 0.556. The SMILES string of the molecule is Cc1cc(NC(=O)c2c(N3CCC4(CC3)CC4)cc(NS(=O)(=O)CCO)n3ccnc23)nc(N2CCC(F)(F)CC2)n1. The highest BCUT2D eigenvalue weighted by Crippen LogP contribution is 2.54. The number of carbonyl (C=O) groups excluding carboxylic acids is 1. The Hall–Kier alpha value is -3.59. The molecule has 3 N–H and O–H groups in total. The van der Waals surface area contributed by atoms with E-state index in [9.17, 15) is 27.1 Å². The Morgan fingerprint density at radius 2 is 1.71 bits per heavy atom. The lowest BCUT2D eigenvalue weighted by atomic mass is 9.93. The third kappa shape index (κ3) is 5.84. The van der Waals surface area contributed by atoms with Gasteiger partial charge in [-0.2, -0.15) is 4.98 Å². The highest BCUT2D eigenvalue weighted by atomic mass is 32.2. The topological polar surface area (TPSA) is 145 Å². The van der Waals surface area contributed by atoms with Crippen LogP contribution in [0.25, 0.3) is 5.65 Å². The molecule has 0 radical (unpaired) electrons. The normalized spacial score (nSPS) is 19.7. The van der Waals surface area contributed by atoms with E-state index in [1.165, 1.54) is 23.4 Å². The Balaban J connectivity index is 1.35. The number of sulfonamides is 1. The number of amides is 1. The van der Waals surface area contributed by atoms with Crippen LogP contribution < -0.4 is 19.8 Å². The lowest BCUT2D eigenvalue weighted by Gasteiger charge is -2.35. The van der Waals surface area contributed by atoms with Crippen molar-refractivity contribution >= 4 is 44.8 Å². The van der Waals surface area contributed by atoms with Gasteiger partial charge in [0.2, 0.25) is 16.0 Å². The molecule has 1 amide bonds. The fourth-order valence-corrected chi connectivity index (χ4v) is 6.63. The van der Waals surface area contributed by atoms with Gasteiger partial charge in [-0.1, -0.05) is 0 Å². The standard InChI is InChI=1S/C27H34F2N8O4S/c1-18-16-20(33-25(31-18)36-11-6-27(28,29)7-12-36)32-24(39)22-19(35-9-4-26(2-3-26)5-10-35)17-21(34-42(40,41)15-14-38)37-13-8-30-23(22)37/h8,13,16-17,34,38H,2-7,9-12,14-15H2,1H3,(H,31,32,33,39). The van der Waals surface area contributed by atoms with Crippen LogP contribution in [0.1, 0.15) is 54.6 Å². The van der Waals surface area contributed by atoms with Crippen molar-refractivity contribution in [1.29, 1.82) is 0 Å². The largest absolute Gasteiger partial charge is 0.395 e. The van der Waals surface area contributed by atoms with Crippen molar-refractivity contribution in [3.05, 3.63) is 35.8 Å². The Kier molecular flexibility index (Phi) is 7.20. The molecule has 3 fully saturated rings. The molecule has 0 unspecified atom stereocenters. The number of aryl methyl sites for hydroxylation is 1. The summed E-state index contributed by atoms with van der Waals surface area (Å²) in [4.78, 5) is 31.0. The second-order valence-corrected chi connectivity index (χ2v) is 13.4. The Morgan fingerprint density at radius 1 is 1.02 bits per heavy atom. The third-order valence-corrected chi connectivity index (χ3v) is 9.72. The van der Waals surface area contributed by atoms with Crippen molar-refractivity contribution in [3.63, 3.8) is 0 Å². The van der Waals surface area contributed by atoms with Gasteiger partial charge in [0.05, 0.1) is 18.0 Å². The van der Waals surface area contributed by atoms with Gasteiger partial charge in [-0.15, -0.1) is 0 Å². The molecule has 15 heteroatoms. The molecule has 226 valence electrons. The smallest absolute Gasteiger partial charge is 0.262 e. The number of nitrogens with zero attached hydrogens (tertiary/aromatic N) is 6. The number of carbonyl (C=O) groups is 1. The maximum atomic E-state index is 14.0. The molecule has 0 bridgehead atoms. The number of hydrogen-bond acceptors (Lipinski definition) is 9. The van der Waals surface area contributed by atoms with Crippen LogP contribution in [0.5, 0.6) is 0 Å². The summed E-state index contributed by atoms with van der Waals surface area (Å²) in [5, 5.41) is 12.1. The molecule has 1 saturated carbocycles. The summed E-state index contributed by atoms with van der Waals surface area (Å²) < 4.78 is 56.6. The van der Waals surface area contributed by atoms with Gasteiger partial charge >= 0.3 is 0 Å². The van der Waals surface area contributed by atoms with Crippen molar-refractivity contribution in [3.8, 4) is 0 Å². The van der Waals surface area contributed by atoms with Crippen LogP contribution >= 0.6 is 0 Å². The first-order valence-corrected chi connectivity index (χ1v) is 15.8. The molecule has 6 rings (SSSR count). The van der Waals surface area contributed by atoms with Crippen LogP contribution in [0.3, 0.4) is 0 Å². The number of piperidine rings is 2. The van der Waals surface area contributed by atoms with Gasteiger partial charge < -0.3 is 20.2 Å². The molecule has 1 aliphatic carbocycles. The van der Waals surface area contributed by atoms with Crippen molar-refractivity contribution in [2.75, 3.05) is 58.4 Å². The summed E-state index contributed by atoms with van der Waals surface area (Å²) in [5.74, 6) is -2.99. The van der Waals surface area contributed by atoms with Gasteiger partial charge in [-0.25, -0.2) is 27.2 Å². The van der Waals surface area contributed by atoms with Gasteiger partial charge in [-0.05, 0) is 38.0 Å². The van der Waals surface area contributed by atoms with Crippen LogP contribution in [0.4, 0.5) is 32.1 Å². The van der Waals surface area contributed by atoms with Crippen LogP contribution in [0.2, 0.25) is 0 Å². The van der Waals surface area contributed by atoms with Crippen molar-refractivity contribution in [1.82, 2.24) is 19.4 Å². The first-order valence-electron chi connectivity index (χ1n) is 14.1. The Bertz CT molecular complexity index is 1610. The zero-order chi connectivity index (χ0) is 29.7. The molecule has 3 aliphatic rings. The summed E-state index contributed by atoms with van der Waals surface area (Å²) in [6.45, 7) is 2.82. The van der Waals surface area contributed by atoms with Crippen LogP contribution in [0, 0.1) is 12.3 Å². The van der Waals surface area contributed by atoms with Crippen molar-refractivity contribution in [2.45, 2.75) is 51.4 Å².